The van der Waals surface area contributed by atoms with Crippen LogP contribution >= 0.6 is 0 Å². The number of rotatable bonds is 5. The summed E-state index contributed by atoms with van der Waals surface area (Å²) in [5.41, 5.74) is 7.80. The summed E-state index contributed by atoms with van der Waals surface area (Å²) in [7, 11) is 0. The lowest BCUT2D eigenvalue weighted by atomic mass is 10.1. The van der Waals surface area contributed by atoms with E-state index in [1.165, 1.54) is 5.56 Å². The Morgan fingerprint density at radius 3 is 2.23 bits per heavy atom. The van der Waals surface area contributed by atoms with E-state index in [1.807, 2.05) is 54.6 Å². The Kier molecular flexibility index (Phi) is 5.14. The van der Waals surface area contributed by atoms with E-state index in [0.717, 1.165) is 17.7 Å². The first kappa shape index (κ1) is 15.6. The third-order valence-corrected chi connectivity index (χ3v) is 3.31. The SMILES string of the molecule is CCc1ccc(N[C@@H](C(=O)NC(N)=O)c2ccccc2)cc1. The summed E-state index contributed by atoms with van der Waals surface area (Å²) in [6, 6.07) is 15.4. The summed E-state index contributed by atoms with van der Waals surface area (Å²) in [4.78, 5) is 23.2. The summed E-state index contributed by atoms with van der Waals surface area (Å²) in [6.45, 7) is 2.08. The van der Waals surface area contributed by atoms with Gasteiger partial charge >= 0.3 is 6.03 Å². The lowest BCUT2D eigenvalue weighted by molar-refractivity contribution is -0.120. The molecule has 5 heteroatoms. The second kappa shape index (κ2) is 7.26. The fraction of sp³-hybridized carbons (Fsp3) is 0.176. The quantitative estimate of drug-likeness (QED) is 0.793. The molecular weight excluding hydrogens is 278 g/mol. The Morgan fingerprint density at radius 2 is 1.68 bits per heavy atom. The van der Waals surface area contributed by atoms with E-state index in [0.29, 0.717) is 0 Å². The lowest BCUT2D eigenvalue weighted by Crippen LogP contribution is -2.40. The van der Waals surface area contributed by atoms with Gasteiger partial charge in [0, 0.05) is 5.69 Å². The van der Waals surface area contributed by atoms with Crippen LogP contribution < -0.4 is 16.4 Å². The molecule has 0 bridgehead atoms. The van der Waals surface area contributed by atoms with Gasteiger partial charge in [0.2, 0.25) is 0 Å². The van der Waals surface area contributed by atoms with Crippen molar-refractivity contribution in [3.8, 4) is 0 Å². The number of nitrogens with one attached hydrogen (secondary N) is 2. The zero-order valence-electron chi connectivity index (χ0n) is 12.4. The van der Waals surface area contributed by atoms with Crippen molar-refractivity contribution in [3.63, 3.8) is 0 Å². The van der Waals surface area contributed by atoms with Crippen LogP contribution in [-0.4, -0.2) is 11.9 Å². The van der Waals surface area contributed by atoms with E-state index in [9.17, 15) is 9.59 Å². The molecule has 0 aromatic heterocycles. The molecule has 0 heterocycles. The normalized spacial score (nSPS) is 11.5. The highest BCUT2D eigenvalue weighted by atomic mass is 16.2. The molecule has 0 aliphatic rings. The Morgan fingerprint density at radius 1 is 1.05 bits per heavy atom. The van der Waals surface area contributed by atoms with Crippen LogP contribution in [0.2, 0.25) is 0 Å². The topological polar surface area (TPSA) is 84.2 Å². The van der Waals surface area contributed by atoms with Crippen LogP contribution in [0.4, 0.5) is 10.5 Å². The highest BCUT2D eigenvalue weighted by Crippen LogP contribution is 2.20. The number of primary amides is 1. The molecule has 3 amide bonds. The molecule has 114 valence electrons. The number of imide groups is 1. The van der Waals surface area contributed by atoms with Crippen molar-refractivity contribution in [1.29, 1.82) is 0 Å². The van der Waals surface area contributed by atoms with Crippen molar-refractivity contribution >= 4 is 17.6 Å². The first-order valence-electron chi connectivity index (χ1n) is 7.11. The lowest BCUT2D eigenvalue weighted by Gasteiger charge is -2.19. The van der Waals surface area contributed by atoms with Gasteiger partial charge < -0.3 is 11.1 Å². The van der Waals surface area contributed by atoms with Crippen molar-refractivity contribution in [2.75, 3.05) is 5.32 Å². The summed E-state index contributed by atoms with van der Waals surface area (Å²) >= 11 is 0. The molecule has 2 aromatic carbocycles. The maximum atomic E-state index is 12.2. The zero-order chi connectivity index (χ0) is 15.9. The molecule has 0 aliphatic carbocycles. The fourth-order valence-electron chi connectivity index (χ4n) is 2.14. The molecule has 0 saturated carbocycles. The van der Waals surface area contributed by atoms with Crippen LogP contribution in [0.25, 0.3) is 0 Å². The zero-order valence-corrected chi connectivity index (χ0v) is 12.4. The van der Waals surface area contributed by atoms with Crippen LogP contribution in [0.15, 0.2) is 54.6 Å². The van der Waals surface area contributed by atoms with Crippen LogP contribution in [0.3, 0.4) is 0 Å². The molecule has 0 aliphatic heterocycles. The number of amides is 3. The molecule has 4 N–H and O–H groups in total. The predicted molar refractivity (Wildman–Crippen MR) is 86.4 cm³/mol. The largest absolute Gasteiger partial charge is 0.370 e. The predicted octanol–water partition coefficient (Wildman–Crippen LogP) is 2.60. The molecule has 22 heavy (non-hydrogen) atoms. The maximum Gasteiger partial charge on any atom is 0.318 e. The van der Waals surface area contributed by atoms with Gasteiger partial charge in [-0.25, -0.2) is 4.79 Å². The Balaban J connectivity index is 2.23. The van der Waals surface area contributed by atoms with Gasteiger partial charge in [-0.2, -0.15) is 0 Å². The molecule has 2 aromatic rings. The van der Waals surface area contributed by atoms with E-state index in [4.69, 9.17) is 5.73 Å². The number of anilines is 1. The third kappa shape index (κ3) is 4.09. The maximum absolute atomic E-state index is 12.2. The number of hydrogen-bond acceptors (Lipinski definition) is 3. The number of aryl methyl sites for hydroxylation is 1. The van der Waals surface area contributed by atoms with Crippen LogP contribution in [-0.2, 0) is 11.2 Å². The first-order chi connectivity index (χ1) is 10.6. The fourth-order valence-corrected chi connectivity index (χ4v) is 2.14. The standard InChI is InChI=1S/C17H19N3O2/c1-2-12-8-10-14(11-9-12)19-15(16(21)20-17(18)22)13-6-4-3-5-7-13/h3-11,15,19H,2H2,1H3,(H3,18,20,21,22)/t15-/m1/s1. The second-order valence-corrected chi connectivity index (χ2v) is 4.89. The average molecular weight is 297 g/mol. The van der Waals surface area contributed by atoms with E-state index < -0.39 is 18.0 Å². The molecule has 5 nitrogen and oxygen atoms in total. The average Bonchev–Trinajstić information content (AvgIpc) is 2.53. The molecular formula is C17H19N3O2. The Hall–Kier alpha value is -2.82. The van der Waals surface area contributed by atoms with Gasteiger partial charge in [0.1, 0.15) is 6.04 Å². The molecule has 2 rings (SSSR count). The van der Waals surface area contributed by atoms with E-state index >= 15 is 0 Å². The van der Waals surface area contributed by atoms with Crippen molar-refractivity contribution in [3.05, 3.63) is 65.7 Å². The minimum atomic E-state index is -0.867. The van der Waals surface area contributed by atoms with Crippen LogP contribution in [0.5, 0.6) is 0 Å². The van der Waals surface area contributed by atoms with E-state index in [1.54, 1.807) is 0 Å². The molecule has 0 spiro atoms. The molecule has 0 radical (unpaired) electrons. The van der Waals surface area contributed by atoms with E-state index in [2.05, 4.69) is 17.6 Å². The number of urea groups is 1. The van der Waals surface area contributed by atoms with Gasteiger partial charge in [0.05, 0.1) is 0 Å². The monoisotopic (exact) mass is 297 g/mol. The van der Waals surface area contributed by atoms with Gasteiger partial charge in [-0.1, -0.05) is 49.4 Å². The van der Waals surface area contributed by atoms with E-state index in [-0.39, 0.29) is 0 Å². The van der Waals surface area contributed by atoms with Crippen molar-refractivity contribution in [2.45, 2.75) is 19.4 Å². The number of carbonyl (C=O) groups is 2. The summed E-state index contributed by atoms with van der Waals surface area (Å²) < 4.78 is 0. The van der Waals surface area contributed by atoms with Gasteiger partial charge in [-0.3, -0.25) is 10.1 Å². The van der Waals surface area contributed by atoms with Crippen molar-refractivity contribution < 1.29 is 9.59 Å². The van der Waals surface area contributed by atoms with Gasteiger partial charge in [0.15, 0.2) is 0 Å². The first-order valence-corrected chi connectivity index (χ1v) is 7.11. The summed E-state index contributed by atoms with van der Waals surface area (Å²) in [5, 5.41) is 5.25. The summed E-state index contributed by atoms with van der Waals surface area (Å²) in [6.07, 6.45) is 0.949. The number of hydrogen-bond donors (Lipinski definition) is 3. The minimum Gasteiger partial charge on any atom is -0.370 e. The van der Waals surface area contributed by atoms with Crippen molar-refractivity contribution in [2.24, 2.45) is 5.73 Å². The van der Waals surface area contributed by atoms with Crippen LogP contribution in [0.1, 0.15) is 24.1 Å². The smallest absolute Gasteiger partial charge is 0.318 e. The van der Waals surface area contributed by atoms with Gasteiger partial charge in [0.25, 0.3) is 5.91 Å². The number of carbonyl (C=O) groups excluding carboxylic acids is 2. The molecule has 0 fully saturated rings. The number of nitrogens with two attached hydrogens (primary N) is 1. The molecule has 1 atom stereocenters. The van der Waals surface area contributed by atoms with Crippen LogP contribution in [0, 0.1) is 0 Å². The van der Waals surface area contributed by atoms with Gasteiger partial charge in [-0.15, -0.1) is 0 Å². The van der Waals surface area contributed by atoms with Crippen molar-refractivity contribution in [1.82, 2.24) is 5.32 Å². The highest BCUT2D eigenvalue weighted by Gasteiger charge is 2.21. The summed E-state index contributed by atoms with van der Waals surface area (Å²) in [5.74, 6) is -0.488. The Labute approximate surface area is 129 Å². The number of benzene rings is 2. The van der Waals surface area contributed by atoms with Gasteiger partial charge in [-0.05, 0) is 29.7 Å². The molecule has 0 saturated heterocycles. The Bertz CT molecular complexity index is 639. The third-order valence-electron chi connectivity index (χ3n) is 3.31. The second-order valence-electron chi connectivity index (χ2n) is 4.89. The minimum absolute atomic E-state index is 0.488. The molecule has 0 unspecified atom stereocenters. The highest BCUT2D eigenvalue weighted by molar-refractivity contribution is 5.98.